The van der Waals surface area contributed by atoms with E-state index in [4.69, 9.17) is 9.73 Å². The van der Waals surface area contributed by atoms with Crippen molar-refractivity contribution in [3.8, 4) is 5.75 Å². The fourth-order valence-electron chi connectivity index (χ4n) is 3.99. The second kappa shape index (κ2) is 7.30. The van der Waals surface area contributed by atoms with Gasteiger partial charge in [0.05, 0.1) is 13.2 Å². The summed E-state index contributed by atoms with van der Waals surface area (Å²) in [5.74, 6) is 1.67. The van der Waals surface area contributed by atoms with Crippen LogP contribution in [0.2, 0.25) is 0 Å². The summed E-state index contributed by atoms with van der Waals surface area (Å²) in [7, 11) is 1.76. The first-order chi connectivity index (χ1) is 10.8. The molecule has 22 heavy (non-hydrogen) atoms. The lowest BCUT2D eigenvalue weighted by molar-refractivity contribution is 0.413. The molecule has 0 aromatic heterocycles. The van der Waals surface area contributed by atoms with E-state index in [9.17, 15) is 0 Å². The van der Waals surface area contributed by atoms with Crippen LogP contribution in [-0.2, 0) is 6.42 Å². The summed E-state index contributed by atoms with van der Waals surface area (Å²) in [6.45, 7) is 2.27. The molecule has 1 saturated carbocycles. The highest BCUT2D eigenvalue weighted by atomic mass is 16.5. The van der Waals surface area contributed by atoms with Gasteiger partial charge < -0.3 is 4.74 Å². The van der Waals surface area contributed by atoms with Crippen LogP contribution in [0.4, 0.5) is 0 Å². The van der Waals surface area contributed by atoms with Gasteiger partial charge in [-0.05, 0) is 55.0 Å². The molecule has 1 aliphatic carbocycles. The molecule has 0 saturated heterocycles. The van der Waals surface area contributed by atoms with Crippen LogP contribution in [-0.4, -0.2) is 18.9 Å². The van der Waals surface area contributed by atoms with Crippen LogP contribution in [0.3, 0.4) is 0 Å². The molecule has 2 nitrogen and oxygen atoms in total. The molecule has 1 atom stereocenters. The maximum atomic E-state index is 5.44. The standard InChI is InChI=1S/C20H29NO/c1-3-4-10-17-13-16-14-18(22-2)11-12-19(16)20(21-17)15-8-6-5-7-9-15/h11-12,14-15,17H,3-10,13H2,1-2H3/t17-/m0/s1. The molecule has 0 amide bonds. The number of methoxy groups -OCH3 is 1. The molecule has 2 aliphatic rings. The summed E-state index contributed by atoms with van der Waals surface area (Å²) in [6.07, 6.45) is 11.6. The lowest BCUT2D eigenvalue weighted by Crippen LogP contribution is -2.28. The van der Waals surface area contributed by atoms with Gasteiger partial charge in [0.1, 0.15) is 5.75 Å². The highest BCUT2D eigenvalue weighted by molar-refractivity contribution is 6.04. The van der Waals surface area contributed by atoms with E-state index < -0.39 is 0 Å². The van der Waals surface area contributed by atoms with Gasteiger partial charge in [-0.15, -0.1) is 0 Å². The number of hydrogen-bond acceptors (Lipinski definition) is 2. The average molecular weight is 299 g/mol. The first kappa shape index (κ1) is 15.6. The van der Waals surface area contributed by atoms with Crippen molar-refractivity contribution >= 4 is 5.71 Å². The molecule has 1 aromatic carbocycles. The molecule has 0 bridgehead atoms. The fourth-order valence-corrected chi connectivity index (χ4v) is 3.99. The lowest BCUT2D eigenvalue weighted by Gasteiger charge is -2.30. The number of fused-ring (bicyclic) bond motifs is 1. The number of hydrogen-bond donors (Lipinski definition) is 0. The Labute approximate surface area is 135 Å². The Morgan fingerprint density at radius 2 is 2.00 bits per heavy atom. The predicted octanol–water partition coefficient (Wildman–Crippen LogP) is 5.18. The van der Waals surface area contributed by atoms with E-state index in [1.54, 1.807) is 7.11 Å². The van der Waals surface area contributed by atoms with Crippen molar-refractivity contribution in [2.75, 3.05) is 7.11 Å². The van der Waals surface area contributed by atoms with E-state index in [-0.39, 0.29) is 0 Å². The van der Waals surface area contributed by atoms with Crippen molar-refractivity contribution in [2.24, 2.45) is 10.9 Å². The second-order valence-electron chi connectivity index (χ2n) is 6.87. The zero-order valence-corrected chi connectivity index (χ0v) is 14.1. The normalized spacial score (nSPS) is 22.1. The Morgan fingerprint density at radius 1 is 1.18 bits per heavy atom. The minimum absolute atomic E-state index is 0.483. The Balaban J connectivity index is 1.90. The Bertz CT molecular complexity index is 529. The number of aliphatic imine (C=N–C) groups is 1. The number of ether oxygens (including phenoxy) is 1. The molecule has 1 heterocycles. The first-order valence-corrected chi connectivity index (χ1v) is 9.06. The second-order valence-corrected chi connectivity index (χ2v) is 6.87. The number of rotatable bonds is 5. The fraction of sp³-hybridized carbons (Fsp3) is 0.650. The van der Waals surface area contributed by atoms with Crippen molar-refractivity contribution in [2.45, 2.75) is 70.8 Å². The SMILES string of the molecule is CCCC[C@H]1Cc2cc(OC)ccc2C(C2CCCCC2)=N1. The lowest BCUT2D eigenvalue weighted by atomic mass is 9.79. The van der Waals surface area contributed by atoms with Gasteiger partial charge in [0.15, 0.2) is 0 Å². The van der Waals surface area contributed by atoms with Crippen molar-refractivity contribution in [3.63, 3.8) is 0 Å². The maximum absolute atomic E-state index is 5.44. The largest absolute Gasteiger partial charge is 0.497 e. The minimum Gasteiger partial charge on any atom is -0.497 e. The van der Waals surface area contributed by atoms with Gasteiger partial charge in [0, 0.05) is 11.6 Å². The van der Waals surface area contributed by atoms with Gasteiger partial charge >= 0.3 is 0 Å². The molecule has 1 fully saturated rings. The Kier molecular flexibility index (Phi) is 5.17. The maximum Gasteiger partial charge on any atom is 0.119 e. The van der Waals surface area contributed by atoms with Crippen LogP contribution in [0.15, 0.2) is 23.2 Å². The summed E-state index contributed by atoms with van der Waals surface area (Å²) in [6, 6.07) is 7.07. The van der Waals surface area contributed by atoms with Gasteiger partial charge in [0.2, 0.25) is 0 Å². The van der Waals surface area contributed by atoms with Crippen molar-refractivity contribution in [1.82, 2.24) is 0 Å². The molecule has 120 valence electrons. The molecular weight excluding hydrogens is 270 g/mol. The summed E-state index contributed by atoms with van der Waals surface area (Å²) in [5.41, 5.74) is 4.26. The molecule has 1 aliphatic heterocycles. The van der Waals surface area contributed by atoms with Gasteiger partial charge in [-0.25, -0.2) is 0 Å². The van der Waals surface area contributed by atoms with E-state index in [0.717, 1.165) is 12.2 Å². The van der Waals surface area contributed by atoms with Gasteiger partial charge in [-0.2, -0.15) is 0 Å². The van der Waals surface area contributed by atoms with E-state index in [2.05, 4.69) is 25.1 Å². The summed E-state index contributed by atoms with van der Waals surface area (Å²) >= 11 is 0. The van der Waals surface area contributed by atoms with Crippen molar-refractivity contribution in [3.05, 3.63) is 29.3 Å². The zero-order chi connectivity index (χ0) is 15.4. The van der Waals surface area contributed by atoms with Crippen molar-refractivity contribution in [1.29, 1.82) is 0 Å². The van der Waals surface area contributed by atoms with Crippen molar-refractivity contribution < 1.29 is 4.74 Å². The molecule has 0 spiro atoms. The Hall–Kier alpha value is -1.31. The number of nitrogens with zero attached hydrogens (tertiary/aromatic N) is 1. The molecule has 3 rings (SSSR count). The molecule has 2 heteroatoms. The zero-order valence-electron chi connectivity index (χ0n) is 14.1. The van der Waals surface area contributed by atoms with Crippen LogP contribution >= 0.6 is 0 Å². The van der Waals surface area contributed by atoms with Gasteiger partial charge in [-0.1, -0.05) is 39.0 Å². The molecular formula is C20H29NO. The Morgan fingerprint density at radius 3 is 2.73 bits per heavy atom. The molecule has 0 unspecified atom stereocenters. The van der Waals surface area contributed by atoms with Gasteiger partial charge in [-0.3, -0.25) is 4.99 Å². The van der Waals surface area contributed by atoms with E-state index in [0.29, 0.717) is 12.0 Å². The quantitative estimate of drug-likeness (QED) is 0.734. The summed E-state index contributed by atoms with van der Waals surface area (Å²) < 4.78 is 5.44. The monoisotopic (exact) mass is 299 g/mol. The third kappa shape index (κ3) is 3.37. The van der Waals surface area contributed by atoms with Crippen LogP contribution in [0, 0.1) is 5.92 Å². The van der Waals surface area contributed by atoms with Crippen LogP contribution in [0.5, 0.6) is 5.75 Å². The molecule has 0 radical (unpaired) electrons. The van der Waals surface area contributed by atoms with Crippen LogP contribution in [0.25, 0.3) is 0 Å². The molecule has 0 N–H and O–H groups in total. The minimum atomic E-state index is 0.483. The first-order valence-electron chi connectivity index (χ1n) is 9.06. The van der Waals surface area contributed by atoms with Gasteiger partial charge in [0.25, 0.3) is 0 Å². The highest BCUT2D eigenvalue weighted by Gasteiger charge is 2.27. The number of benzene rings is 1. The third-order valence-electron chi connectivity index (χ3n) is 5.25. The molecule has 1 aromatic rings. The van der Waals surface area contributed by atoms with E-state index >= 15 is 0 Å². The van der Waals surface area contributed by atoms with Crippen LogP contribution in [0.1, 0.15) is 69.4 Å². The van der Waals surface area contributed by atoms with E-state index in [1.165, 1.54) is 68.2 Å². The summed E-state index contributed by atoms with van der Waals surface area (Å²) in [5, 5.41) is 0. The third-order valence-corrected chi connectivity index (χ3v) is 5.25. The predicted molar refractivity (Wildman–Crippen MR) is 93.1 cm³/mol. The topological polar surface area (TPSA) is 21.6 Å². The highest BCUT2D eigenvalue weighted by Crippen LogP contribution is 2.34. The smallest absolute Gasteiger partial charge is 0.119 e. The van der Waals surface area contributed by atoms with Crippen LogP contribution < -0.4 is 4.74 Å². The number of unbranched alkanes of at least 4 members (excludes halogenated alkanes) is 1. The van der Waals surface area contributed by atoms with E-state index in [1.807, 2.05) is 0 Å². The summed E-state index contributed by atoms with van der Waals surface area (Å²) in [4.78, 5) is 5.22. The average Bonchev–Trinajstić information content (AvgIpc) is 2.59.